The maximum atomic E-state index is 5.75. The second-order valence-electron chi connectivity index (χ2n) is 6.98. The number of nitrogens with zero attached hydrogens (tertiary/aromatic N) is 2. The summed E-state index contributed by atoms with van der Waals surface area (Å²) >= 11 is 0. The minimum Gasteiger partial charge on any atom is -0.381 e. The molecule has 0 bridgehead atoms. The molecule has 1 aliphatic rings. The van der Waals surface area contributed by atoms with E-state index in [1.807, 2.05) is 0 Å². The molecule has 0 amide bonds. The van der Waals surface area contributed by atoms with Crippen LogP contribution >= 0.6 is 0 Å². The predicted molar refractivity (Wildman–Crippen MR) is 106 cm³/mol. The molecule has 4 heteroatoms. The smallest absolute Gasteiger partial charge is 0.193 e. The van der Waals surface area contributed by atoms with Crippen molar-refractivity contribution in [1.29, 1.82) is 0 Å². The van der Waals surface area contributed by atoms with Crippen LogP contribution in [0.4, 0.5) is 0 Å². The third-order valence-electron chi connectivity index (χ3n) is 4.63. The molecule has 140 valence electrons. The summed E-state index contributed by atoms with van der Waals surface area (Å²) in [5.74, 6) is 1.87. The van der Waals surface area contributed by atoms with Gasteiger partial charge >= 0.3 is 0 Å². The van der Waals surface area contributed by atoms with Crippen molar-refractivity contribution in [3.8, 4) is 0 Å². The van der Waals surface area contributed by atoms with Gasteiger partial charge in [-0.2, -0.15) is 0 Å². The Morgan fingerprint density at radius 2 is 2.08 bits per heavy atom. The number of rotatable bonds is 9. The topological polar surface area (TPSA) is 36.9 Å². The van der Waals surface area contributed by atoms with Gasteiger partial charge < -0.3 is 15.0 Å². The van der Waals surface area contributed by atoms with E-state index in [2.05, 4.69) is 54.4 Å². The molecule has 1 aliphatic heterocycles. The van der Waals surface area contributed by atoms with E-state index in [9.17, 15) is 0 Å². The van der Waals surface area contributed by atoms with Crippen molar-refractivity contribution in [2.24, 2.45) is 10.9 Å². The third-order valence-corrected chi connectivity index (χ3v) is 4.63. The number of likely N-dealkylation sites (tertiary alicyclic amines) is 1. The molecule has 1 fully saturated rings. The fourth-order valence-corrected chi connectivity index (χ4v) is 3.25. The molecule has 1 unspecified atom stereocenters. The lowest BCUT2D eigenvalue weighted by molar-refractivity contribution is 0.134. The van der Waals surface area contributed by atoms with Crippen molar-refractivity contribution in [3.05, 3.63) is 35.9 Å². The quantitative estimate of drug-likeness (QED) is 0.421. The first-order chi connectivity index (χ1) is 12.3. The molecular formula is C21H35N3O. The van der Waals surface area contributed by atoms with E-state index in [1.54, 1.807) is 0 Å². The molecule has 0 radical (unpaired) electrons. The number of nitrogens with one attached hydrogen (secondary N) is 1. The number of hydrogen-bond donors (Lipinski definition) is 1. The second kappa shape index (κ2) is 11.9. The first-order valence-electron chi connectivity index (χ1n) is 9.94. The highest BCUT2D eigenvalue weighted by atomic mass is 16.5. The van der Waals surface area contributed by atoms with E-state index in [0.29, 0.717) is 0 Å². The lowest BCUT2D eigenvalue weighted by Crippen LogP contribution is -2.46. The number of guanidine groups is 1. The molecule has 1 aromatic rings. The Hall–Kier alpha value is -1.55. The van der Waals surface area contributed by atoms with E-state index in [1.165, 1.54) is 18.4 Å². The van der Waals surface area contributed by atoms with Crippen LogP contribution in [0.2, 0.25) is 0 Å². The number of unbranched alkanes of at least 4 members (excludes halogenated alkanes) is 1. The number of aliphatic imine (C=N–C) groups is 1. The van der Waals surface area contributed by atoms with E-state index < -0.39 is 0 Å². The summed E-state index contributed by atoms with van der Waals surface area (Å²) in [5, 5.41) is 3.45. The van der Waals surface area contributed by atoms with Crippen LogP contribution in [0.3, 0.4) is 0 Å². The summed E-state index contributed by atoms with van der Waals surface area (Å²) in [6, 6.07) is 10.5. The Labute approximate surface area is 153 Å². The highest BCUT2D eigenvalue weighted by molar-refractivity contribution is 5.80. The normalized spacial score (nSPS) is 18.4. The zero-order valence-electron chi connectivity index (χ0n) is 16.0. The van der Waals surface area contributed by atoms with Crippen LogP contribution in [0, 0.1) is 5.92 Å². The van der Waals surface area contributed by atoms with Gasteiger partial charge in [0.25, 0.3) is 0 Å². The highest BCUT2D eigenvalue weighted by Crippen LogP contribution is 2.15. The van der Waals surface area contributed by atoms with E-state index in [-0.39, 0.29) is 0 Å². The second-order valence-corrected chi connectivity index (χ2v) is 6.98. The predicted octanol–water partition coefficient (Wildman–Crippen LogP) is 3.72. The molecule has 4 nitrogen and oxygen atoms in total. The van der Waals surface area contributed by atoms with Gasteiger partial charge in [-0.05, 0) is 50.5 Å². The Bertz CT molecular complexity index is 489. The molecule has 0 saturated carbocycles. The molecule has 0 aromatic heterocycles. The van der Waals surface area contributed by atoms with Crippen LogP contribution in [-0.4, -0.2) is 50.3 Å². The molecule has 1 heterocycles. The molecular weight excluding hydrogens is 310 g/mol. The van der Waals surface area contributed by atoms with Crippen LogP contribution in [0.15, 0.2) is 35.3 Å². The Morgan fingerprint density at radius 1 is 1.24 bits per heavy atom. The lowest BCUT2D eigenvalue weighted by atomic mass is 10.0. The van der Waals surface area contributed by atoms with Gasteiger partial charge in [0, 0.05) is 32.8 Å². The molecule has 2 rings (SSSR count). The Kier molecular flexibility index (Phi) is 9.42. The minimum atomic E-state index is 0.774. The van der Waals surface area contributed by atoms with E-state index in [0.717, 1.165) is 70.5 Å². The molecule has 0 aliphatic carbocycles. The van der Waals surface area contributed by atoms with Gasteiger partial charge in [0.15, 0.2) is 5.96 Å². The van der Waals surface area contributed by atoms with Crippen LogP contribution in [-0.2, 0) is 11.2 Å². The molecule has 25 heavy (non-hydrogen) atoms. The fourth-order valence-electron chi connectivity index (χ4n) is 3.25. The maximum Gasteiger partial charge on any atom is 0.193 e. The number of ether oxygens (including phenoxy) is 1. The van der Waals surface area contributed by atoms with Gasteiger partial charge in [0.1, 0.15) is 0 Å². The van der Waals surface area contributed by atoms with Gasteiger partial charge in [-0.1, -0.05) is 37.3 Å². The summed E-state index contributed by atoms with van der Waals surface area (Å²) in [7, 11) is 0. The van der Waals surface area contributed by atoms with Gasteiger partial charge in [-0.25, -0.2) is 0 Å². The third kappa shape index (κ3) is 7.91. The molecule has 1 saturated heterocycles. The zero-order chi connectivity index (χ0) is 17.7. The summed E-state index contributed by atoms with van der Waals surface area (Å²) in [6.45, 7) is 10.2. The first kappa shape index (κ1) is 19.8. The van der Waals surface area contributed by atoms with E-state index >= 15 is 0 Å². The number of piperidine rings is 1. The summed E-state index contributed by atoms with van der Waals surface area (Å²) < 4.78 is 5.75. The summed E-state index contributed by atoms with van der Waals surface area (Å²) in [6.07, 6.45) is 5.78. The lowest BCUT2D eigenvalue weighted by Gasteiger charge is -2.33. The van der Waals surface area contributed by atoms with Crippen LogP contribution < -0.4 is 5.32 Å². The van der Waals surface area contributed by atoms with Crippen molar-refractivity contribution < 1.29 is 4.74 Å². The molecule has 1 atom stereocenters. The summed E-state index contributed by atoms with van der Waals surface area (Å²) in [4.78, 5) is 7.24. The molecule has 0 spiro atoms. The molecule has 1 N–H and O–H groups in total. The van der Waals surface area contributed by atoms with Crippen molar-refractivity contribution in [2.45, 2.75) is 46.0 Å². The maximum absolute atomic E-state index is 5.75. The van der Waals surface area contributed by atoms with E-state index in [4.69, 9.17) is 9.73 Å². The average Bonchev–Trinajstić information content (AvgIpc) is 2.64. The molecule has 1 aromatic carbocycles. The Morgan fingerprint density at radius 3 is 2.84 bits per heavy atom. The van der Waals surface area contributed by atoms with Crippen molar-refractivity contribution >= 4 is 5.96 Å². The standard InChI is InChI=1S/C21H35N3O/c1-3-22-21(24-15-9-10-19(2)18-24)23-14-7-8-16-25-17-13-20-11-5-4-6-12-20/h4-6,11-12,19H,3,7-10,13-18H2,1-2H3,(H,22,23). The van der Waals surface area contributed by atoms with Gasteiger partial charge in [-0.3, -0.25) is 4.99 Å². The minimum absolute atomic E-state index is 0.774. The number of hydrogen-bond acceptors (Lipinski definition) is 2. The highest BCUT2D eigenvalue weighted by Gasteiger charge is 2.18. The van der Waals surface area contributed by atoms with Crippen LogP contribution in [0.25, 0.3) is 0 Å². The van der Waals surface area contributed by atoms with Crippen LogP contribution in [0.5, 0.6) is 0 Å². The monoisotopic (exact) mass is 345 g/mol. The fraction of sp³-hybridized carbons (Fsp3) is 0.667. The number of benzene rings is 1. The van der Waals surface area contributed by atoms with Crippen LogP contribution in [0.1, 0.15) is 45.1 Å². The average molecular weight is 346 g/mol. The summed E-state index contributed by atoms with van der Waals surface area (Å²) in [5.41, 5.74) is 1.35. The van der Waals surface area contributed by atoms with Gasteiger partial charge in [-0.15, -0.1) is 0 Å². The first-order valence-corrected chi connectivity index (χ1v) is 9.94. The SMILES string of the molecule is CCNC(=NCCCCOCCc1ccccc1)N1CCCC(C)C1. The van der Waals surface area contributed by atoms with Crippen molar-refractivity contribution in [1.82, 2.24) is 10.2 Å². The van der Waals surface area contributed by atoms with Crippen molar-refractivity contribution in [3.63, 3.8) is 0 Å². The zero-order valence-corrected chi connectivity index (χ0v) is 16.0. The largest absolute Gasteiger partial charge is 0.381 e. The van der Waals surface area contributed by atoms with Gasteiger partial charge in [0.2, 0.25) is 0 Å². The van der Waals surface area contributed by atoms with Gasteiger partial charge in [0.05, 0.1) is 6.61 Å². The van der Waals surface area contributed by atoms with Crippen molar-refractivity contribution in [2.75, 3.05) is 39.4 Å². The Balaban J connectivity index is 1.58.